The number of aromatic nitrogens is 10. The van der Waals surface area contributed by atoms with Gasteiger partial charge in [-0.15, -0.1) is 0 Å². The van der Waals surface area contributed by atoms with Crippen molar-refractivity contribution in [1.82, 2.24) is 49.5 Å². The molecule has 0 amide bonds. The van der Waals surface area contributed by atoms with E-state index in [0.29, 0.717) is 74.3 Å². The number of ether oxygens (including phenoxy) is 2. The van der Waals surface area contributed by atoms with E-state index < -0.39 is 11.9 Å². The molecule has 6 aromatic heterocycles. The highest BCUT2D eigenvalue weighted by atomic mass is 16.5. The highest BCUT2D eigenvalue weighted by Crippen LogP contribution is 2.42. The summed E-state index contributed by atoms with van der Waals surface area (Å²) in [7, 11) is 4.87. The fourth-order valence-electron chi connectivity index (χ4n) is 9.36. The van der Waals surface area contributed by atoms with Crippen LogP contribution < -0.4 is 30.3 Å². The predicted molar refractivity (Wildman–Crippen MR) is 285 cm³/mol. The summed E-state index contributed by atoms with van der Waals surface area (Å²) in [6, 6.07) is 24.8. The Morgan fingerprint density at radius 1 is 0.711 bits per heavy atom. The lowest BCUT2D eigenvalue weighted by Crippen LogP contribution is -2.34. The number of aromatic carboxylic acids is 2. The van der Waals surface area contributed by atoms with E-state index in [2.05, 4.69) is 41.0 Å². The van der Waals surface area contributed by atoms with Crippen molar-refractivity contribution in [2.75, 3.05) is 35.1 Å². The molecule has 0 bridgehead atoms. The van der Waals surface area contributed by atoms with E-state index >= 15 is 0 Å². The summed E-state index contributed by atoms with van der Waals surface area (Å²) in [5.41, 5.74) is 8.78. The van der Waals surface area contributed by atoms with Gasteiger partial charge in [0.05, 0.1) is 66.7 Å². The van der Waals surface area contributed by atoms with Crippen LogP contribution in [0.5, 0.6) is 11.5 Å². The van der Waals surface area contributed by atoms with E-state index in [1.807, 2.05) is 101 Å². The maximum Gasteiger partial charge on any atom is 0.341 e. The second-order valence-corrected chi connectivity index (χ2v) is 18.1. The normalized spacial score (nSPS) is 12.2. The standard InChI is InChI=1S/C54H52N14O8/c1-27-22-28(2)67(64-27)26-29(3)68(54-56-25-37(52(71)72)48(63-54)59-40-18-12-14-34(45(40)73-8)49-60-38-16-10-11-19-42(38)75-49)33-20-21-43-41(23-33)61-50(76-43)35-15-13-17-39(46(35)74-9)58-47-36(51(69)70)24-55-53(62-47)57-30(4)44-31(5)65-66(7)32(44)6/h10-25,29-30H,26H2,1-9H3,(H,69,70)(H,71,72)(H,56,59,63)(H2,55,57,58,62). The quantitative estimate of drug-likeness (QED) is 0.0534. The van der Waals surface area contributed by atoms with Crippen LogP contribution in [-0.4, -0.2) is 91.9 Å². The molecule has 0 radical (unpaired) electrons. The van der Waals surface area contributed by atoms with Crippen LogP contribution in [0.2, 0.25) is 0 Å². The Balaban J connectivity index is 1.00. The van der Waals surface area contributed by atoms with Crippen molar-refractivity contribution in [1.29, 1.82) is 0 Å². The van der Waals surface area contributed by atoms with Gasteiger partial charge in [-0.1, -0.05) is 24.3 Å². The Morgan fingerprint density at radius 3 is 1.89 bits per heavy atom. The summed E-state index contributed by atoms with van der Waals surface area (Å²) in [6.45, 7) is 12.1. The topological polar surface area (TPSA) is 272 Å². The summed E-state index contributed by atoms with van der Waals surface area (Å²) in [5.74, 6) is -0.932. The van der Waals surface area contributed by atoms with Crippen LogP contribution in [0.25, 0.3) is 45.1 Å². The number of oxazole rings is 2. The monoisotopic (exact) mass is 1020 g/mol. The third-order valence-electron chi connectivity index (χ3n) is 12.9. The minimum absolute atomic E-state index is 0.00592. The van der Waals surface area contributed by atoms with Gasteiger partial charge in [0.2, 0.25) is 23.7 Å². The van der Waals surface area contributed by atoms with Crippen LogP contribution in [0.1, 0.15) is 68.9 Å². The molecule has 10 rings (SSSR count). The number of carboxylic acids is 2. The number of methoxy groups -OCH3 is 2. The van der Waals surface area contributed by atoms with Gasteiger partial charge in [0, 0.05) is 42.1 Å². The van der Waals surface area contributed by atoms with Gasteiger partial charge in [0.15, 0.2) is 34.3 Å². The molecular formula is C54H52N14O8. The second-order valence-electron chi connectivity index (χ2n) is 18.1. The summed E-state index contributed by atoms with van der Waals surface area (Å²) in [6.07, 6.45) is 2.50. The molecule has 0 aliphatic rings. The number of carbonyl (C=O) groups is 2. The molecule has 0 spiro atoms. The van der Waals surface area contributed by atoms with Crippen LogP contribution in [0.15, 0.2) is 106 Å². The lowest BCUT2D eigenvalue weighted by atomic mass is 10.1. The summed E-state index contributed by atoms with van der Waals surface area (Å²) in [4.78, 5) is 55.3. The van der Waals surface area contributed by atoms with Gasteiger partial charge in [0.25, 0.3) is 0 Å². The zero-order chi connectivity index (χ0) is 53.5. The minimum atomic E-state index is -1.26. The minimum Gasteiger partial charge on any atom is -0.494 e. The molecule has 386 valence electrons. The van der Waals surface area contributed by atoms with Crippen LogP contribution >= 0.6 is 0 Å². The molecule has 4 aromatic carbocycles. The Morgan fingerprint density at radius 2 is 1.32 bits per heavy atom. The van der Waals surface area contributed by atoms with E-state index in [1.165, 1.54) is 26.6 Å². The molecule has 0 saturated heterocycles. The first-order valence-electron chi connectivity index (χ1n) is 24.0. The molecule has 22 nitrogen and oxygen atoms in total. The average Bonchev–Trinajstić information content (AvgIpc) is 4.17. The molecule has 0 saturated carbocycles. The van der Waals surface area contributed by atoms with Crippen molar-refractivity contribution < 1.29 is 38.1 Å². The maximum absolute atomic E-state index is 12.8. The van der Waals surface area contributed by atoms with Crippen LogP contribution in [0, 0.1) is 27.7 Å². The molecular weight excluding hydrogens is 973 g/mol. The van der Waals surface area contributed by atoms with Crippen molar-refractivity contribution in [3.63, 3.8) is 0 Å². The summed E-state index contributed by atoms with van der Waals surface area (Å²) >= 11 is 0. The number of benzene rings is 4. The number of carboxylic acid groups (broad SMARTS) is 2. The number of para-hydroxylation sites is 4. The van der Waals surface area contributed by atoms with E-state index in [9.17, 15) is 19.8 Å². The van der Waals surface area contributed by atoms with Gasteiger partial charge in [-0.2, -0.15) is 20.2 Å². The zero-order valence-corrected chi connectivity index (χ0v) is 42.9. The van der Waals surface area contributed by atoms with Crippen LogP contribution in [-0.2, 0) is 13.6 Å². The number of nitrogens with zero attached hydrogens (tertiary/aromatic N) is 11. The lowest BCUT2D eigenvalue weighted by Gasteiger charge is -2.30. The highest BCUT2D eigenvalue weighted by molar-refractivity contribution is 5.96. The zero-order valence-electron chi connectivity index (χ0n) is 42.9. The number of fused-ring (bicyclic) bond motifs is 2. The van der Waals surface area contributed by atoms with Crippen LogP contribution in [0.3, 0.4) is 0 Å². The van der Waals surface area contributed by atoms with Gasteiger partial charge in [0.1, 0.15) is 22.2 Å². The summed E-state index contributed by atoms with van der Waals surface area (Å²) < 4.78 is 28.0. The fraction of sp³-hybridized carbons (Fsp3) is 0.222. The number of hydrogen-bond acceptors (Lipinski definition) is 18. The number of rotatable bonds is 18. The smallest absolute Gasteiger partial charge is 0.341 e. The molecule has 22 heteroatoms. The van der Waals surface area contributed by atoms with Crippen molar-refractivity contribution in [3.05, 3.63) is 137 Å². The Hall–Kier alpha value is -9.86. The molecule has 76 heavy (non-hydrogen) atoms. The molecule has 0 aliphatic heterocycles. The fourth-order valence-corrected chi connectivity index (χ4v) is 9.36. The number of hydrogen-bond donors (Lipinski definition) is 5. The first-order chi connectivity index (χ1) is 36.6. The third kappa shape index (κ3) is 9.49. The molecule has 5 N–H and O–H groups in total. The second kappa shape index (κ2) is 20.2. The number of aryl methyl sites for hydroxylation is 4. The lowest BCUT2D eigenvalue weighted by molar-refractivity contribution is 0.0686. The summed E-state index contributed by atoms with van der Waals surface area (Å²) in [5, 5.41) is 39.6. The first-order valence-corrected chi connectivity index (χ1v) is 24.0. The Labute approximate surface area is 434 Å². The molecule has 2 atom stereocenters. The van der Waals surface area contributed by atoms with Gasteiger partial charge in [-0.05, 0) is 102 Å². The predicted octanol–water partition coefficient (Wildman–Crippen LogP) is 10.3. The molecule has 10 aromatic rings. The van der Waals surface area contributed by atoms with E-state index in [1.54, 1.807) is 47.1 Å². The van der Waals surface area contributed by atoms with Gasteiger partial charge >= 0.3 is 11.9 Å². The first kappa shape index (κ1) is 49.7. The largest absolute Gasteiger partial charge is 0.494 e. The van der Waals surface area contributed by atoms with Gasteiger partial charge < -0.3 is 49.4 Å². The van der Waals surface area contributed by atoms with Crippen molar-refractivity contribution >= 4 is 74.7 Å². The van der Waals surface area contributed by atoms with Crippen molar-refractivity contribution in [3.8, 4) is 34.4 Å². The number of anilines is 7. The van der Waals surface area contributed by atoms with Crippen molar-refractivity contribution in [2.45, 2.75) is 60.2 Å². The Bertz CT molecular complexity index is 3830. The molecule has 0 aliphatic carbocycles. The van der Waals surface area contributed by atoms with Gasteiger partial charge in [-0.25, -0.2) is 29.5 Å². The van der Waals surface area contributed by atoms with Crippen molar-refractivity contribution in [2.24, 2.45) is 7.05 Å². The van der Waals surface area contributed by atoms with Crippen LogP contribution in [0.4, 0.5) is 40.6 Å². The average molecular weight is 1030 g/mol. The Kier molecular flexibility index (Phi) is 13.2. The third-order valence-corrected chi connectivity index (χ3v) is 12.9. The highest BCUT2D eigenvalue weighted by Gasteiger charge is 2.28. The maximum atomic E-state index is 12.8. The molecule has 2 unspecified atom stereocenters. The molecule has 0 fully saturated rings. The van der Waals surface area contributed by atoms with E-state index in [0.717, 1.165) is 28.3 Å². The molecule has 6 heterocycles. The van der Waals surface area contributed by atoms with E-state index in [-0.39, 0.29) is 52.6 Å². The van der Waals surface area contributed by atoms with E-state index in [4.69, 9.17) is 33.4 Å². The number of nitrogens with one attached hydrogen (secondary N) is 3. The van der Waals surface area contributed by atoms with Gasteiger partial charge in [-0.3, -0.25) is 9.36 Å². The SMILES string of the molecule is COc1c(Nc2nc(NC(C)c3c(C)nn(C)c3C)ncc2C(=O)O)cccc1-c1nc2cc(N(c3ncc(C(=O)O)c(Nc4cccc(-c5nc6ccccc6o5)c4OC)n3)C(C)Cn3nc(C)cc3C)ccc2o1.